The first-order valence-corrected chi connectivity index (χ1v) is 4.63. The van der Waals surface area contributed by atoms with Crippen molar-refractivity contribution in [2.75, 3.05) is 5.32 Å². The van der Waals surface area contributed by atoms with Crippen LogP contribution in [0.25, 0.3) is 0 Å². The Hall–Kier alpha value is -2.37. The number of aromatic amines is 1. The lowest BCUT2D eigenvalue weighted by molar-refractivity contribution is 0.102. The number of phenolic OH excluding ortho intramolecular Hbond substituents is 1. The van der Waals surface area contributed by atoms with Crippen molar-refractivity contribution in [2.24, 2.45) is 0 Å². The Morgan fingerprint density at radius 3 is 3.00 bits per heavy atom. The van der Waals surface area contributed by atoms with Gasteiger partial charge in [0.05, 0.1) is 5.56 Å². The molecule has 0 saturated carbocycles. The Kier molecular flexibility index (Phi) is 2.55. The summed E-state index contributed by atoms with van der Waals surface area (Å²) in [5.41, 5.74) is 1.09. The Labute approximate surface area is 91.3 Å². The van der Waals surface area contributed by atoms with Gasteiger partial charge in [0.15, 0.2) is 0 Å². The molecule has 0 aliphatic carbocycles. The number of amides is 1. The minimum absolute atomic E-state index is 0.0670. The first kappa shape index (κ1) is 10.2. The second kappa shape index (κ2) is 4.01. The zero-order valence-electron chi connectivity index (χ0n) is 8.56. The van der Waals surface area contributed by atoms with Gasteiger partial charge >= 0.3 is 0 Å². The van der Waals surface area contributed by atoms with E-state index in [1.807, 2.05) is 6.92 Å². The maximum Gasteiger partial charge on any atom is 0.261 e. The molecule has 0 spiro atoms. The lowest BCUT2D eigenvalue weighted by atomic mass is 10.1. The number of aromatic nitrogens is 3. The van der Waals surface area contributed by atoms with Gasteiger partial charge in [-0.3, -0.25) is 10.1 Å². The molecule has 1 amide bonds. The average molecular weight is 218 g/mol. The molecule has 0 saturated heterocycles. The molecule has 2 aromatic rings. The Bertz CT molecular complexity index is 508. The van der Waals surface area contributed by atoms with Crippen LogP contribution in [0.4, 0.5) is 5.95 Å². The van der Waals surface area contributed by atoms with Gasteiger partial charge in [-0.2, -0.15) is 10.1 Å². The van der Waals surface area contributed by atoms with E-state index in [1.54, 1.807) is 12.1 Å². The highest BCUT2D eigenvalue weighted by Gasteiger charge is 2.12. The highest BCUT2D eigenvalue weighted by atomic mass is 16.3. The number of carbonyl (C=O) groups is 1. The van der Waals surface area contributed by atoms with Crippen molar-refractivity contribution in [2.45, 2.75) is 6.92 Å². The zero-order chi connectivity index (χ0) is 11.5. The van der Waals surface area contributed by atoms with E-state index in [0.29, 0.717) is 0 Å². The topological polar surface area (TPSA) is 90.9 Å². The van der Waals surface area contributed by atoms with Crippen LogP contribution in [0, 0.1) is 6.92 Å². The minimum Gasteiger partial charge on any atom is -0.507 e. The number of rotatable bonds is 2. The third-order valence-electron chi connectivity index (χ3n) is 2.04. The number of aryl methyl sites for hydroxylation is 1. The number of hydrogen-bond donors (Lipinski definition) is 3. The lowest BCUT2D eigenvalue weighted by Crippen LogP contribution is -2.13. The number of hydrogen-bond acceptors (Lipinski definition) is 4. The summed E-state index contributed by atoms with van der Waals surface area (Å²) in [7, 11) is 0. The minimum atomic E-state index is -0.432. The Morgan fingerprint density at radius 2 is 2.31 bits per heavy atom. The fourth-order valence-corrected chi connectivity index (χ4v) is 1.27. The molecule has 0 radical (unpaired) electrons. The normalized spacial score (nSPS) is 10.1. The molecule has 0 fully saturated rings. The molecule has 82 valence electrons. The molecule has 1 aromatic heterocycles. The van der Waals surface area contributed by atoms with E-state index >= 15 is 0 Å². The van der Waals surface area contributed by atoms with Crippen molar-refractivity contribution in [3.8, 4) is 5.75 Å². The maximum absolute atomic E-state index is 11.7. The van der Waals surface area contributed by atoms with Crippen LogP contribution in [0.5, 0.6) is 5.75 Å². The fraction of sp³-hybridized carbons (Fsp3) is 0.100. The zero-order valence-corrected chi connectivity index (χ0v) is 8.56. The summed E-state index contributed by atoms with van der Waals surface area (Å²) in [6.07, 6.45) is 1.28. The Balaban J connectivity index is 2.24. The third-order valence-corrected chi connectivity index (χ3v) is 2.04. The van der Waals surface area contributed by atoms with Crippen LogP contribution in [0.2, 0.25) is 0 Å². The van der Waals surface area contributed by atoms with Crippen molar-refractivity contribution in [1.82, 2.24) is 15.2 Å². The van der Waals surface area contributed by atoms with E-state index in [2.05, 4.69) is 20.5 Å². The van der Waals surface area contributed by atoms with E-state index in [-0.39, 0.29) is 17.3 Å². The summed E-state index contributed by atoms with van der Waals surface area (Å²) < 4.78 is 0. The molecule has 0 unspecified atom stereocenters. The number of benzene rings is 1. The molecule has 2 rings (SSSR count). The second-order valence-corrected chi connectivity index (χ2v) is 3.31. The summed E-state index contributed by atoms with van der Waals surface area (Å²) in [5, 5.41) is 18.1. The molecule has 0 aliphatic rings. The van der Waals surface area contributed by atoms with Gasteiger partial charge in [-0.25, -0.2) is 5.10 Å². The van der Waals surface area contributed by atoms with Gasteiger partial charge in [-0.15, -0.1) is 0 Å². The first-order valence-electron chi connectivity index (χ1n) is 4.63. The predicted octanol–water partition coefficient (Wildman–Crippen LogP) is 1.07. The Morgan fingerprint density at radius 1 is 1.50 bits per heavy atom. The number of nitrogens with zero attached hydrogens (tertiary/aromatic N) is 2. The number of phenols is 1. The molecular formula is C10H10N4O2. The molecular weight excluding hydrogens is 208 g/mol. The van der Waals surface area contributed by atoms with Crippen LogP contribution in [0.3, 0.4) is 0 Å². The van der Waals surface area contributed by atoms with Gasteiger partial charge in [0.1, 0.15) is 12.1 Å². The molecule has 0 aliphatic heterocycles. The monoisotopic (exact) mass is 218 g/mol. The number of H-pyrrole nitrogens is 1. The van der Waals surface area contributed by atoms with E-state index < -0.39 is 5.91 Å². The average Bonchev–Trinajstić information content (AvgIpc) is 2.74. The summed E-state index contributed by atoms with van der Waals surface area (Å²) in [6.45, 7) is 1.84. The van der Waals surface area contributed by atoms with Crippen LogP contribution in [0.1, 0.15) is 15.9 Å². The van der Waals surface area contributed by atoms with Crippen molar-refractivity contribution >= 4 is 11.9 Å². The van der Waals surface area contributed by atoms with Crippen LogP contribution < -0.4 is 5.32 Å². The molecule has 16 heavy (non-hydrogen) atoms. The largest absolute Gasteiger partial charge is 0.507 e. The quantitative estimate of drug-likeness (QED) is 0.703. The third kappa shape index (κ3) is 2.00. The van der Waals surface area contributed by atoms with Crippen LogP contribution >= 0.6 is 0 Å². The molecule has 1 aromatic carbocycles. The summed E-state index contributed by atoms with van der Waals surface area (Å²) in [5.74, 6) is -0.258. The standard InChI is InChI=1S/C10H10N4O2/c1-6-2-3-8(15)7(4-6)9(16)13-10-11-5-12-14-10/h2-5,15H,1H3,(H2,11,12,13,14,16). The molecule has 6 heteroatoms. The second-order valence-electron chi connectivity index (χ2n) is 3.31. The number of nitrogens with one attached hydrogen (secondary N) is 2. The summed E-state index contributed by atoms with van der Waals surface area (Å²) >= 11 is 0. The first-order chi connectivity index (χ1) is 7.66. The van der Waals surface area contributed by atoms with Crippen LogP contribution in [-0.4, -0.2) is 26.2 Å². The van der Waals surface area contributed by atoms with Gasteiger partial charge in [-0.1, -0.05) is 11.6 Å². The molecule has 1 heterocycles. The molecule has 0 bridgehead atoms. The molecule has 6 nitrogen and oxygen atoms in total. The van der Waals surface area contributed by atoms with Gasteiger partial charge in [-0.05, 0) is 19.1 Å². The van der Waals surface area contributed by atoms with Crippen LogP contribution in [0.15, 0.2) is 24.5 Å². The highest BCUT2D eigenvalue weighted by molar-refractivity contribution is 6.05. The maximum atomic E-state index is 11.7. The predicted molar refractivity (Wildman–Crippen MR) is 57.2 cm³/mol. The lowest BCUT2D eigenvalue weighted by Gasteiger charge is -2.04. The van der Waals surface area contributed by atoms with Gasteiger partial charge in [0, 0.05) is 0 Å². The van der Waals surface area contributed by atoms with Gasteiger partial charge < -0.3 is 5.11 Å². The number of aromatic hydroxyl groups is 1. The van der Waals surface area contributed by atoms with E-state index in [1.165, 1.54) is 12.4 Å². The SMILES string of the molecule is Cc1ccc(O)c(C(=O)Nc2ncn[nH]2)c1. The van der Waals surface area contributed by atoms with Crippen LogP contribution in [-0.2, 0) is 0 Å². The van der Waals surface area contributed by atoms with Crippen molar-refractivity contribution < 1.29 is 9.90 Å². The molecule has 3 N–H and O–H groups in total. The van der Waals surface area contributed by atoms with E-state index in [9.17, 15) is 9.90 Å². The van der Waals surface area contributed by atoms with Crippen molar-refractivity contribution in [1.29, 1.82) is 0 Å². The number of carbonyl (C=O) groups excluding carboxylic acids is 1. The van der Waals surface area contributed by atoms with Crippen molar-refractivity contribution in [3.05, 3.63) is 35.7 Å². The van der Waals surface area contributed by atoms with E-state index in [4.69, 9.17) is 0 Å². The van der Waals surface area contributed by atoms with Gasteiger partial charge in [0.2, 0.25) is 5.95 Å². The molecule has 0 atom stereocenters. The fourth-order valence-electron chi connectivity index (χ4n) is 1.27. The van der Waals surface area contributed by atoms with E-state index in [0.717, 1.165) is 5.56 Å². The smallest absolute Gasteiger partial charge is 0.261 e. The van der Waals surface area contributed by atoms with Gasteiger partial charge in [0.25, 0.3) is 5.91 Å². The number of anilines is 1. The van der Waals surface area contributed by atoms with Crippen molar-refractivity contribution in [3.63, 3.8) is 0 Å². The summed E-state index contributed by atoms with van der Waals surface area (Å²) in [6, 6.07) is 4.80. The summed E-state index contributed by atoms with van der Waals surface area (Å²) in [4.78, 5) is 15.5. The highest BCUT2D eigenvalue weighted by Crippen LogP contribution is 2.18.